The number of hydrogen-bond donors (Lipinski definition) is 0. The number of carbonyl (C=O) groups excluding carboxylic acids is 1. The fraction of sp³-hybridized carbons (Fsp3) is 0.263. The summed E-state index contributed by atoms with van der Waals surface area (Å²) in [7, 11) is -1.74. The molecule has 0 N–H and O–H groups in total. The van der Waals surface area contributed by atoms with Gasteiger partial charge in [-0.2, -0.15) is 9.57 Å². The van der Waals surface area contributed by atoms with Crippen molar-refractivity contribution in [1.29, 1.82) is 5.26 Å². The average Bonchev–Trinajstić information content (AvgIpc) is 3.16. The van der Waals surface area contributed by atoms with Gasteiger partial charge in [0.2, 0.25) is 10.0 Å². The minimum absolute atomic E-state index is 0.0358. The summed E-state index contributed by atoms with van der Waals surface area (Å²) in [5, 5.41) is 8.70. The predicted molar refractivity (Wildman–Crippen MR) is 102 cm³/mol. The van der Waals surface area contributed by atoms with Crippen LogP contribution >= 0.6 is 0 Å². The number of nitriles is 1. The highest BCUT2D eigenvalue weighted by atomic mass is 32.2. The van der Waals surface area contributed by atoms with Gasteiger partial charge in [0, 0.05) is 25.6 Å². The van der Waals surface area contributed by atoms with Crippen LogP contribution in [0.25, 0.3) is 11.6 Å². The lowest BCUT2D eigenvalue weighted by Crippen LogP contribution is -2.30. The molecule has 0 aliphatic carbocycles. The van der Waals surface area contributed by atoms with Crippen molar-refractivity contribution < 1.29 is 17.6 Å². The monoisotopic (exact) mass is 385 g/mol. The molecule has 1 aromatic heterocycles. The topological polar surface area (TPSA) is 94.6 Å². The van der Waals surface area contributed by atoms with Crippen molar-refractivity contribution in [2.45, 2.75) is 13.0 Å². The van der Waals surface area contributed by atoms with Crippen LogP contribution in [0.2, 0.25) is 0 Å². The molecule has 140 valence electrons. The Labute approximate surface area is 158 Å². The molecule has 1 aliphatic heterocycles. The lowest BCUT2D eigenvalue weighted by atomic mass is 10.1. The molecule has 0 spiro atoms. The maximum atomic E-state index is 12.5. The maximum absolute atomic E-state index is 12.5. The van der Waals surface area contributed by atoms with Crippen molar-refractivity contribution in [3.8, 4) is 6.07 Å². The van der Waals surface area contributed by atoms with Gasteiger partial charge in [-0.1, -0.05) is 18.2 Å². The van der Waals surface area contributed by atoms with E-state index >= 15 is 0 Å². The van der Waals surface area contributed by atoms with Crippen molar-refractivity contribution in [2.24, 2.45) is 0 Å². The van der Waals surface area contributed by atoms with Crippen LogP contribution in [0.5, 0.6) is 0 Å². The van der Waals surface area contributed by atoms with Gasteiger partial charge in [-0.3, -0.25) is 4.79 Å². The zero-order valence-electron chi connectivity index (χ0n) is 15.0. The van der Waals surface area contributed by atoms with Crippen molar-refractivity contribution in [3.05, 3.63) is 53.5 Å². The first-order valence-electron chi connectivity index (χ1n) is 8.31. The van der Waals surface area contributed by atoms with E-state index in [0.717, 1.165) is 17.5 Å². The van der Waals surface area contributed by atoms with Crippen LogP contribution in [0.15, 0.2) is 40.8 Å². The Kier molecular flexibility index (Phi) is 5.17. The molecular weight excluding hydrogens is 366 g/mol. The number of likely N-dealkylation sites (N-methyl/N-ethyl adjacent to an activating group) is 1. The molecule has 2 heterocycles. The van der Waals surface area contributed by atoms with Crippen LogP contribution in [0.3, 0.4) is 0 Å². The molecule has 2 aromatic rings. The maximum Gasteiger partial charge on any atom is 0.258 e. The van der Waals surface area contributed by atoms with E-state index in [1.165, 1.54) is 4.31 Å². The zero-order valence-corrected chi connectivity index (χ0v) is 15.9. The van der Waals surface area contributed by atoms with Gasteiger partial charge in [0.05, 0.1) is 30.1 Å². The first-order valence-corrected chi connectivity index (χ1v) is 10.2. The Morgan fingerprint density at radius 2 is 2.00 bits per heavy atom. The Morgan fingerprint density at radius 3 is 2.70 bits per heavy atom. The second-order valence-electron chi connectivity index (χ2n) is 6.25. The number of carbonyl (C=O) groups is 1. The van der Waals surface area contributed by atoms with E-state index < -0.39 is 10.0 Å². The number of anilines is 1. The minimum atomic E-state index is -3.46. The van der Waals surface area contributed by atoms with E-state index in [2.05, 4.69) is 0 Å². The molecule has 8 heteroatoms. The number of fused-ring (bicyclic) bond motifs is 1. The standard InChI is InChI=1S/C19H19N3O4S/c1-21-18-7-4-3-6-16(18)17(19(21)23)12-14-8-9-15(26-14)13-22(11-5-10-20)27(2,24)25/h3-4,6-9,12H,5,11,13H2,1-2H3/b17-12+. The summed E-state index contributed by atoms with van der Waals surface area (Å²) in [5.74, 6) is 0.783. The predicted octanol–water partition coefficient (Wildman–Crippen LogP) is 2.47. The number of hydrogen-bond acceptors (Lipinski definition) is 5. The van der Waals surface area contributed by atoms with Gasteiger partial charge in [0.1, 0.15) is 11.5 Å². The third-order valence-electron chi connectivity index (χ3n) is 4.33. The summed E-state index contributed by atoms with van der Waals surface area (Å²) in [5.41, 5.74) is 2.19. The van der Waals surface area contributed by atoms with Crippen LogP contribution in [0, 0.1) is 11.3 Å². The smallest absolute Gasteiger partial charge is 0.258 e. The van der Waals surface area contributed by atoms with Crippen LogP contribution < -0.4 is 4.90 Å². The summed E-state index contributed by atoms with van der Waals surface area (Å²) in [6.07, 6.45) is 2.86. The number of nitrogens with zero attached hydrogens (tertiary/aromatic N) is 3. The summed E-state index contributed by atoms with van der Waals surface area (Å²) in [6.45, 7) is 0.136. The van der Waals surface area contributed by atoms with Gasteiger partial charge in [-0.15, -0.1) is 0 Å². The quantitative estimate of drug-likeness (QED) is 0.712. The molecule has 0 saturated carbocycles. The fourth-order valence-corrected chi connectivity index (χ4v) is 3.73. The van der Waals surface area contributed by atoms with Crippen LogP contribution in [-0.2, 0) is 21.4 Å². The molecule has 1 aliphatic rings. The van der Waals surface area contributed by atoms with Gasteiger partial charge in [-0.05, 0) is 24.3 Å². The molecule has 0 bridgehead atoms. The SMILES string of the molecule is CN1C(=O)/C(=C/c2ccc(CN(CCC#N)S(C)(=O)=O)o2)c2ccccc21. The molecule has 0 fully saturated rings. The van der Waals surface area contributed by atoms with Crippen molar-refractivity contribution >= 4 is 33.3 Å². The van der Waals surface area contributed by atoms with Crippen LogP contribution in [0.4, 0.5) is 5.69 Å². The number of furan rings is 1. The molecule has 0 radical (unpaired) electrons. The number of benzene rings is 1. The molecular formula is C19H19N3O4S. The van der Waals surface area contributed by atoms with E-state index in [1.54, 1.807) is 30.2 Å². The molecule has 1 aromatic carbocycles. The van der Waals surface area contributed by atoms with E-state index in [1.807, 2.05) is 30.3 Å². The summed E-state index contributed by atoms with van der Waals surface area (Å²) in [6, 6.07) is 12.8. The molecule has 7 nitrogen and oxygen atoms in total. The highest BCUT2D eigenvalue weighted by molar-refractivity contribution is 7.88. The molecule has 27 heavy (non-hydrogen) atoms. The number of rotatable bonds is 6. The summed E-state index contributed by atoms with van der Waals surface area (Å²) >= 11 is 0. The van der Waals surface area contributed by atoms with E-state index in [0.29, 0.717) is 17.1 Å². The lowest BCUT2D eigenvalue weighted by molar-refractivity contribution is -0.112. The van der Waals surface area contributed by atoms with Crippen LogP contribution in [-0.4, -0.2) is 38.5 Å². The average molecular weight is 385 g/mol. The van der Waals surface area contributed by atoms with Gasteiger partial charge in [0.25, 0.3) is 5.91 Å². The highest BCUT2D eigenvalue weighted by Gasteiger charge is 2.29. The summed E-state index contributed by atoms with van der Waals surface area (Å²) < 4.78 is 30.6. The first-order chi connectivity index (χ1) is 12.8. The number of sulfonamides is 1. The highest BCUT2D eigenvalue weighted by Crippen LogP contribution is 2.36. The second kappa shape index (κ2) is 7.39. The third kappa shape index (κ3) is 3.94. The number of amides is 1. The van der Waals surface area contributed by atoms with Gasteiger partial charge < -0.3 is 9.32 Å². The van der Waals surface area contributed by atoms with Crippen molar-refractivity contribution in [1.82, 2.24) is 4.31 Å². The molecule has 1 amide bonds. The molecule has 0 saturated heterocycles. The Morgan fingerprint density at radius 1 is 1.26 bits per heavy atom. The fourth-order valence-electron chi connectivity index (χ4n) is 2.95. The molecule has 3 rings (SSSR count). The second-order valence-corrected chi connectivity index (χ2v) is 8.23. The van der Waals surface area contributed by atoms with Crippen molar-refractivity contribution in [2.75, 3.05) is 24.7 Å². The normalized spacial score (nSPS) is 15.4. The van der Waals surface area contributed by atoms with Gasteiger partial charge in [-0.25, -0.2) is 8.42 Å². The van der Waals surface area contributed by atoms with Crippen LogP contribution in [0.1, 0.15) is 23.5 Å². The summed E-state index contributed by atoms with van der Waals surface area (Å²) in [4.78, 5) is 14.1. The first kappa shape index (κ1) is 18.9. The largest absolute Gasteiger partial charge is 0.460 e. The van der Waals surface area contributed by atoms with E-state index in [-0.39, 0.29) is 25.4 Å². The lowest BCUT2D eigenvalue weighted by Gasteiger charge is -2.16. The third-order valence-corrected chi connectivity index (χ3v) is 5.58. The Hall–Kier alpha value is -2.89. The van der Waals surface area contributed by atoms with E-state index in [4.69, 9.17) is 9.68 Å². The van der Waals surface area contributed by atoms with Crippen molar-refractivity contribution in [3.63, 3.8) is 0 Å². The van der Waals surface area contributed by atoms with Gasteiger partial charge in [0.15, 0.2) is 0 Å². The number of para-hydroxylation sites is 1. The Balaban J connectivity index is 1.85. The minimum Gasteiger partial charge on any atom is -0.460 e. The zero-order chi connectivity index (χ0) is 19.6. The van der Waals surface area contributed by atoms with E-state index in [9.17, 15) is 13.2 Å². The van der Waals surface area contributed by atoms with Gasteiger partial charge >= 0.3 is 0 Å². The Bertz CT molecular complexity index is 1050. The molecule has 0 unspecified atom stereocenters. The molecule has 0 atom stereocenters.